The van der Waals surface area contributed by atoms with Gasteiger partial charge in [-0.25, -0.2) is 4.79 Å². The lowest BCUT2D eigenvalue weighted by molar-refractivity contribution is -0.156. The Morgan fingerprint density at radius 3 is 2.38 bits per heavy atom. The molecule has 2 N–H and O–H groups in total. The topological polar surface area (TPSA) is 107 Å². The molecule has 0 aliphatic heterocycles. The van der Waals surface area contributed by atoms with Crippen LogP contribution in [0.1, 0.15) is 51.9 Å². The van der Waals surface area contributed by atoms with Gasteiger partial charge in [-0.05, 0) is 32.1 Å². The van der Waals surface area contributed by atoms with Crippen molar-refractivity contribution in [3.05, 3.63) is 12.1 Å². The van der Waals surface area contributed by atoms with Crippen LogP contribution in [-0.4, -0.2) is 39.3 Å². The van der Waals surface area contributed by atoms with Crippen molar-refractivity contribution in [2.45, 2.75) is 57.5 Å². The second kappa shape index (κ2) is 7.94. The zero-order valence-electron chi connectivity index (χ0n) is 13.7. The van der Waals surface area contributed by atoms with Gasteiger partial charge in [0.2, 0.25) is 11.8 Å². The highest BCUT2D eigenvalue weighted by molar-refractivity contribution is 5.69. The van der Waals surface area contributed by atoms with Gasteiger partial charge in [-0.15, -0.1) is 4.73 Å². The third-order valence-corrected chi connectivity index (χ3v) is 3.98. The standard InChI is InChI=1S/C16H23NO7/c1-2-6-14(20)22-11-16(9-4-3-5-10-16)23-15(21)24-17-12(18)7-8-13(17)19/h7-8,18-19H,2-6,9-11H2,1H3. The molecule has 1 aliphatic carbocycles. The van der Waals surface area contributed by atoms with Gasteiger partial charge < -0.3 is 19.7 Å². The van der Waals surface area contributed by atoms with Crippen molar-refractivity contribution in [1.82, 2.24) is 4.73 Å². The molecule has 1 heterocycles. The Hall–Kier alpha value is -2.38. The molecule has 2 rings (SSSR count). The Balaban J connectivity index is 1.99. The minimum Gasteiger partial charge on any atom is -0.492 e. The second-order valence-electron chi connectivity index (χ2n) is 5.94. The molecule has 0 amide bonds. The molecule has 1 fully saturated rings. The maximum atomic E-state index is 12.0. The van der Waals surface area contributed by atoms with Crippen LogP contribution in [-0.2, 0) is 14.3 Å². The summed E-state index contributed by atoms with van der Waals surface area (Å²) in [6.07, 6.45) is 3.74. The van der Waals surface area contributed by atoms with E-state index < -0.39 is 23.5 Å². The third kappa shape index (κ3) is 4.56. The molecular formula is C16H23NO7. The van der Waals surface area contributed by atoms with Gasteiger partial charge in [0.1, 0.15) is 12.2 Å². The molecule has 8 heteroatoms. The predicted octanol–water partition coefficient (Wildman–Crippen LogP) is 2.51. The molecule has 0 aromatic carbocycles. The Labute approximate surface area is 139 Å². The van der Waals surface area contributed by atoms with Gasteiger partial charge in [-0.1, -0.05) is 13.3 Å². The first-order valence-electron chi connectivity index (χ1n) is 8.12. The second-order valence-corrected chi connectivity index (χ2v) is 5.94. The van der Waals surface area contributed by atoms with Gasteiger partial charge in [-0.2, -0.15) is 0 Å². The number of carbonyl (C=O) groups excluding carboxylic acids is 2. The van der Waals surface area contributed by atoms with E-state index in [1.165, 1.54) is 12.1 Å². The fourth-order valence-electron chi connectivity index (χ4n) is 2.73. The monoisotopic (exact) mass is 341 g/mol. The van der Waals surface area contributed by atoms with Crippen LogP contribution in [0.4, 0.5) is 4.79 Å². The number of esters is 1. The number of hydrogen-bond acceptors (Lipinski definition) is 7. The maximum Gasteiger partial charge on any atom is 0.534 e. The lowest BCUT2D eigenvalue weighted by Gasteiger charge is -2.35. The first-order chi connectivity index (χ1) is 11.5. The number of rotatable bonds is 6. The van der Waals surface area contributed by atoms with Gasteiger partial charge in [0.05, 0.1) is 0 Å². The molecule has 1 saturated carbocycles. The number of nitrogens with zero attached hydrogens (tertiary/aromatic N) is 1. The highest BCUT2D eigenvalue weighted by atomic mass is 16.8. The molecule has 1 aromatic heterocycles. The Morgan fingerprint density at radius 1 is 1.17 bits per heavy atom. The number of hydrogen-bond donors (Lipinski definition) is 2. The van der Waals surface area contributed by atoms with Gasteiger partial charge in [0, 0.05) is 18.6 Å². The predicted molar refractivity (Wildman–Crippen MR) is 82.5 cm³/mol. The molecule has 134 valence electrons. The van der Waals surface area contributed by atoms with E-state index in [2.05, 4.69) is 0 Å². The highest BCUT2D eigenvalue weighted by Crippen LogP contribution is 2.32. The summed E-state index contributed by atoms with van der Waals surface area (Å²) in [5.41, 5.74) is -0.933. The molecule has 24 heavy (non-hydrogen) atoms. The molecule has 8 nitrogen and oxygen atoms in total. The SMILES string of the molecule is CCCC(=O)OCC1(OC(=O)On2c(O)ccc2O)CCCCC1. The lowest BCUT2D eigenvalue weighted by Crippen LogP contribution is -2.44. The van der Waals surface area contributed by atoms with Gasteiger partial charge in [0.15, 0.2) is 0 Å². The first kappa shape index (κ1) is 18.0. The molecule has 0 spiro atoms. The Morgan fingerprint density at radius 2 is 1.79 bits per heavy atom. The van der Waals surface area contributed by atoms with Gasteiger partial charge >= 0.3 is 12.1 Å². The average molecular weight is 341 g/mol. The van der Waals surface area contributed by atoms with Crippen LogP contribution < -0.4 is 4.84 Å². The summed E-state index contributed by atoms with van der Waals surface area (Å²) in [5.74, 6) is -1.20. The van der Waals surface area contributed by atoms with E-state index in [1.807, 2.05) is 6.92 Å². The van der Waals surface area contributed by atoms with E-state index >= 15 is 0 Å². The molecule has 0 radical (unpaired) electrons. The van der Waals surface area contributed by atoms with Crippen LogP contribution in [0.2, 0.25) is 0 Å². The maximum absolute atomic E-state index is 12.0. The number of aromatic nitrogens is 1. The summed E-state index contributed by atoms with van der Waals surface area (Å²) in [6.45, 7) is 1.85. The van der Waals surface area contributed by atoms with E-state index in [9.17, 15) is 19.8 Å². The molecular weight excluding hydrogens is 318 g/mol. The zero-order chi connectivity index (χ0) is 17.6. The largest absolute Gasteiger partial charge is 0.534 e. The smallest absolute Gasteiger partial charge is 0.492 e. The summed E-state index contributed by atoms with van der Waals surface area (Å²) >= 11 is 0. The van der Waals surface area contributed by atoms with Gasteiger partial charge in [0.25, 0.3) is 0 Å². The molecule has 1 aliphatic rings. The fraction of sp³-hybridized carbons (Fsp3) is 0.625. The van der Waals surface area contributed by atoms with Crippen molar-refractivity contribution in [2.75, 3.05) is 6.61 Å². The molecule has 1 aromatic rings. The lowest BCUT2D eigenvalue weighted by atomic mass is 9.85. The third-order valence-electron chi connectivity index (χ3n) is 3.98. The molecule has 0 atom stereocenters. The molecule has 0 saturated heterocycles. The highest BCUT2D eigenvalue weighted by Gasteiger charge is 2.38. The van der Waals surface area contributed by atoms with Crippen LogP contribution in [0, 0.1) is 0 Å². The van der Waals surface area contributed by atoms with E-state index in [4.69, 9.17) is 14.3 Å². The summed E-state index contributed by atoms with van der Waals surface area (Å²) < 4.78 is 11.2. The minimum absolute atomic E-state index is 0.0232. The summed E-state index contributed by atoms with van der Waals surface area (Å²) in [5, 5.41) is 19.0. The number of carbonyl (C=O) groups is 2. The first-order valence-corrected chi connectivity index (χ1v) is 8.12. The van der Waals surface area contributed by atoms with Crippen molar-refractivity contribution in [2.24, 2.45) is 0 Å². The minimum atomic E-state index is -1.08. The van der Waals surface area contributed by atoms with Gasteiger partial charge in [-0.3, -0.25) is 9.63 Å². The fourth-order valence-corrected chi connectivity index (χ4v) is 2.73. The normalized spacial score (nSPS) is 16.4. The van der Waals surface area contributed by atoms with Crippen molar-refractivity contribution >= 4 is 12.1 Å². The van der Waals surface area contributed by atoms with Crippen molar-refractivity contribution in [1.29, 1.82) is 0 Å². The zero-order valence-corrected chi connectivity index (χ0v) is 13.7. The van der Waals surface area contributed by atoms with E-state index in [0.717, 1.165) is 19.3 Å². The van der Waals surface area contributed by atoms with Crippen LogP contribution in [0.5, 0.6) is 11.8 Å². The molecule has 0 bridgehead atoms. The van der Waals surface area contributed by atoms with Crippen LogP contribution in [0.15, 0.2) is 12.1 Å². The van der Waals surface area contributed by atoms with Crippen LogP contribution >= 0.6 is 0 Å². The van der Waals surface area contributed by atoms with Crippen molar-refractivity contribution in [3.8, 4) is 11.8 Å². The average Bonchev–Trinajstić information content (AvgIpc) is 2.86. The van der Waals surface area contributed by atoms with Crippen LogP contribution in [0.25, 0.3) is 0 Å². The van der Waals surface area contributed by atoms with Crippen molar-refractivity contribution < 1.29 is 34.1 Å². The van der Waals surface area contributed by atoms with Crippen LogP contribution in [0.3, 0.4) is 0 Å². The summed E-state index contributed by atoms with van der Waals surface area (Å²) in [4.78, 5) is 28.4. The summed E-state index contributed by atoms with van der Waals surface area (Å²) in [6, 6.07) is 2.34. The van der Waals surface area contributed by atoms with E-state index in [-0.39, 0.29) is 12.6 Å². The van der Waals surface area contributed by atoms with Crippen molar-refractivity contribution in [3.63, 3.8) is 0 Å². The number of aromatic hydroxyl groups is 2. The molecule has 0 unspecified atom stereocenters. The Kier molecular flexibility index (Phi) is 5.94. The quantitative estimate of drug-likeness (QED) is 0.765. The van der Waals surface area contributed by atoms with E-state index in [0.29, 0.717) is 30.4 Å². The summed E-state index contributed by atoms with van der Waals surface area (Å²) in [7, 11) is 0. The number of ether oxygens (including phenoxy) is 2. The van der Waals surface area contributed by atoms with E-state index in [1.54, 1.807) is 0 Å². The Bertz CT molecular complexity index is 555.